The highest BCUT2D eigenvalue weighted by Crippen LogP contribution is 2.14. The Morgan fingerprint density at radius 1 is 1.21 bits per heavy atom. The molecule has 104 valence electrons. The molecule has 0 spiro atoms. The van der Waals surface area contributed by atoms with Gasteiger partial charge in [0.15, 0.2) is 0 Å². The summed E-state index contributed by atoms with van der Waals surface area (Å²) < 4.78 is 0. The van der Waals surface area contributed by atoms with E-state index in [9.17, 15) is 9.59 Å². The van der Waals surface area contributed by atoms with E-state index in [0.717, 1.165) is 5.56 Å². The van der Waals surface area contributed by atoms with Crippen LogP contribution >= 0.6 is 0 Å². The fourth-order valence-corrected chi connectivity index (χ4v) is 1.81. The maximum absolute atomic E-state index is 11.9. The Morgan fingerprint density at radius 3 is 2.21 bits per heavy atom. The molecule has 0 fully saturated rings. The lowest BCUT2D eigenvalue weighted by Gasteiger charge is -2.14. The van der Waals surface area contributed by atoms with Gasteiger partial charge in [-0.3, -0.25) is 4.79 Å². The van der Waals surface area contributed by atoms with Crippen LogP contribution in [-0.2, 0) is 4.79 Å². The number of aliphatic carboxylic acids is 1. The first kappa shape index (κ1) is 15.2. The van der Waals surface area contributed by atoms with E-state index in [1.165, 1.54) is 0 Å². The molecule has 0 aliphatic rings. The Kier molecular flexibility index (Phi) is 5.55. The molecule has 1 aromatic carbocycles. The first-order valence-electron chi connectivity index (χ1n) is 6.59. The van der Waals surface area contributed by atoms with Crippen LogP contribution in [0.4, 0.5) is 0 Å². The molecule has 19 heavy (non-hydrogen) atoms. The van der Waals surface area contributed by atoms with Crippen LogP contribution < -0.4 is 5.32 Å². The second kappa shape index (κ2) is 6.92. The molecule has 1 amide bonds. The predicted octanol–water partition coefficient (Wildman–Crippen LogP) is 2.79. The highest BCUT2D eigenvalue weighted by atomic mass is 16.4. The quantitative estimate of drug-likeness (QED) is 0.829. The molecular formula is C15H21NO3. The number of carboxylic acid groups (broad SMARTS) is 1. The SMILES string of the molecule is CCC[C@@H](NC(=O)c1ccc(C(C)C)cc1)C(=O)O. The zero-order valence-electron chi connectivity index (χ0n) is 11.6. The average molecular weight is 263 g/mol. The zero-order valence-corrected chi connectivity index (χ0v) is 11.6. The van der Waals surface area contributed by atoms with E-state index < -0.39 is 12.0 Å². The first-order valence-corrected chi connectivity index (χ1v) is 6.59. The summed E-state index contributed by atoms with van der Waals surface area (Å²) in [6.45, 7) is 6.05. The van der Waals surface area contributed by atoms with Gasteiger partial charge in [-0.15, -0.1) is 0 Å². The number of carbonyl (C=O) groups is 2. The first-order chi connectivity index (χ1) is 8.95. The van der Waals surface area contributed by atoms with Crippen LogP contribution in [0.3, 0.4) is 0 Å². The van der Waals surface area contributed by atoms with Crippen molar-refractivity contribution in [3.8, 4) is 0 Å². The largest absolute Gasteiger partial charge is 0.480 e. The molecule has 0 unspecified atom stereocenters. The van der Waals surface area contributed by atoms with Crippen molar-refractivity contribution in [1.29, 1.82) is 0 Å². The molecule has 0 saturated heterocycles. The van der Waals surface area contributed by atoms with Crippen LogP contribution in [0.15, 0.2) is 24.3 Å². The van der Waals surface area contributed by atoms with Crippen molar-refractivity contribution in [1.82, 2.24) is 5.32 Å². The smallest absolute Gasteiger partial charge is 0.326 e. The van der Waals surface area contributed by atoms with Crippen molar-refractivity contribution >= 4 is 11.9 Å². The second-order valence-electron chi connectivity index (χ2n) is 4.93. The van der Waals surface area contributed by atoms with Crippen molar-refractivity contribution in [3.63, 3.8) is 0 Å². The molecule has 0 saturated carbocycles. The molecule has 1 atom stereocenters. The van der Waals surface area contributed by atoms with Crippen LogP contribution in [0.2, 0.25) is 0 Å². The molecule has 0 aliphatic heterocycles. The van der Waals surface area contributed by atoms with Crippen LogP contribution in [0.1, 0.15) is 55.5 Å². The average Bonchev–Trinajstić information content (AvgIpc) is 2.38. The summed E-state index contributed by atoms with van der Waals surface area (Å²) in [6, 6.07) is 6.44. The van der Waals surface area contributed by atoms with Crippen molar-refractivity contribution in [2.45, 2.75) is 45.6 Å². The lowest BCUT2D eigenvalue weighted by Crippen LogP contribution is -2.40. The Labute approximate surface area is 113 Å². The third kappa shape index (κ3) is 4.39. The Hall–Kier alpha value is -1.84. The molecule has 0 aromatic heterocycles. The van der Waals surface area contributed by atoms with Crippen LogP contribution in [0.25, 0.3) is 0 Å². The molecule has 0 heterocycles. The van der Waals surface area contributed by atoms with E-state index in [-0.39, 0.29) is 5.91 Å². The summed E-state index contributed by atoms with van der Waals surface area (Å²) in [4.78, 5) is 22.9. The van der Waals surface area contributed by atoms with Gasteiger partial charge in [0, 0.05) is 5.56 Å². The second-order valence-corrected chi connectivity index (χ2v) is 4.93. The number of carboxylic acids is 1. The van der Waals surface area contributed by atoms with Gasteiger partial charge in [0.05, 0.1) is 0 Å². The molecule has 2 N–H and O–H groups in total. The van der Waals surface area contributed by atoms with Gasteiger partial charge in [-0.2, -0.15) is 0 Å². The normalized spacial score (nSPS) is 12.2. The number of hydrogen-bond donors (Lipinski definition) is 2. The van der Waals surface area contributed by atoms with E-state index in [0.29, 0.717) is 24.3 Å². The minimum Gasteiger partial charge on any atom is -0.480 e. The molecule has 4 heteroatoms. The minimum atomic E-state index is -0.992. The fraction of sp³-hybridized carbons (Fsp3) is 0.467. The molecule has 0 bridgehead atoms. The monoisotopic (exact) mass is 263 g/mol. The van der Waals surface area contributed by atoms with Gasteiger partial charge < -0.3 is 10.4 Å². The number of amides is 1. The number of nitrogens with one attached hydrogen (secondary N) is 1. The molecule has 1 rings (SSSR count). The van der Waals surface area contributed by atoms with Crippen molar-refractivity contribution in [2.75, 3.05) is 0 Å². The highest BCUT2D eigenvalue weighted by Gasteiger charge is 2.19. The number of carbonyl (C=O) groups excluding carboxylic acids is 1. The molecule has 0 radical (unpaired) electrons. The van der Waals surface area contributed by atoms with E-state index in [1.54, 1.807) is 12.1 Å². The van der Waals surface area contributed by atoms with E-state index in [4.69, 9.17) is 5.11 Å². The van der Waals surface area contributed by atoms with Gasteiger partial charge in [-0.05, 0) is 30.0 Å². The summed E-state index contributed by atoms with van der Waals surface area (Å²) >= 11 is 0. The van der Waals surface area contributed by atoms with Crippen LogP contribution in [0, 0.1) is 0 Å². The maximum Gasteiger partial charge on any atom is 0.326 e. The zero-order chi connectivity index (χ0) is 14.4. The lowest BCUT2D eigenvalue weighted by atomic mass is 10.0. The summed E-state index contributed by atoms with van der Waals surface area (Å²) in [6.07, 6.45) is 1.15. The Morgan fingerprint density at radius 2 is 1.79 bits per heavy atom. The molecule has 4 nitrogen and oxygen atoms in total. The highest BCUT2D eigenvalue weighted by molar-refractivity contribution is 5.96. The number of benzene rings is 1. The van der Waals surface area contributed by atoms with Gasteiger partial charge in [-0.25, -0.2) is 4.79 Å². The third-order valence-electron chi connectivity index (χ3n) is 3.02. The minimum absolute atomic E-state index is 0.337. The number of hydrogen-bond acceptors (Lipinski definition) is 2. The van der Waals surface area contributed by atoms with Crippen LogP contribution in [-0.4, -0.2) is 23.0 Å². The third-order valence-corrected chi connectivity index (χ3v) is 3.02. The van der Waals surface area contributed by atoms with E-state index in [1.807, 2.05) is 19.1 Å². The van der Waals surface area contributed by atoms with Gasteiger partial charge in [0.25, 0.3) is 5.91 Å². The van der Waals surface area contributed by atoms with Crippen LogP contribution in [0.5, 0.6) is 0 Å². The van der Waals surface area contributed by atoms with Gasteiger partial charge >= 0.3 is 5.97 Å². The summed E-state index contributed by atoms with van der Waals surface area (Å²) in [5, 5.41) is 11.5. The summed E-state index contributed by atoms with van der Waals surface area (Å²) in [5.74, 6) is -0.922. The standard InChI is InChI=1S/C15H21NO3/c1-4-5-13(15(18)19)16-14(17)12-8-6-11(7-9-12)10(2)3/h6-10,13H,4-5H2,1-3H3,(H,16,17)(H,18,19)/t13-/m1/s1. The van der Waals surface area contributed by atoms with Gasteiger partial charge in [0.1, 0.15) is 6.04 Å². The summed E-state index contributed by atoms with van der Waals surface area (Å²) in [7, 11) is 0. The molecule has 1 aromatic rings. The maximum atomic E-state index is 11.9. The van der Waals surface area contributed by atoms with Crippen molar-refractivity contribution in [3.05, 3.63) is 35.4 Å². The number of rotatable bonds is 6. The Balaban J connectivity index is 2.74. The lowest BCUT2D eigenvalue weighted by molar-refractivity contribution is -0.139. The fourth-order valence-electron chi connectivity index (χ4n) is 1.81. The van der Waals surface area contributed by atoms with Gasteiger partial charge in [0.2, 0.25) is 0 Å². The van der Waals surface area contributed by atoms with Crippen molar-refractivity contribution < 1.29 is 14.7 Å². The summed E-state index contributed by atoms with van der Waals surface area (Å²) in [5.41, 5.74) is 1.65. The predicted molar refractivity (Wildman–Crippen MR) is 74.3 cm³/mol. The van der Waals surface area contributed by atoms with Crippen molar-refractivity contribution in [2.24, 2.45) is 0 Å². The van der Waals surface area contributed by atoms with Gasteiger partial charge in [-0.1, -0.05) is 39.3 Å². The molecule has 0 aliphatic carbocycles. The molecular weight excluding hydrogens is 242 g/mol. The Bertz CT molecular complexity index is 437. The van der Waals surface area contributed by atoms with E-state index >= 15 is 0 Å². The van der Waals surface area contributed by atoms with E-state index in [2.05, 4.69) is 19.2 Å². The topological polar surface area (TPSA) is 66.4 Å².